The van der Waals surface area contributed by atoms with Crippen LogP contribution in [0.5, 0.6) is 0 Å². The molecule has 0 heterocycles. The Labute approximate surface area is 204 Å². The minimum Gasteiger partial charge on any atom is -0.373 e. The Morgan fingerprint density at radius 1 is 0.483 bits per heavy atom. The van der Waals surface area contributed by atoms with Crippen LogP contribution in [0.3, 0.4) is 0 Å². The summed E-state index contributed by atoms with van der Waals surface area (Å²) in [5.74, 6) is 0. The summed E-state index contributed by atoms with van der Waals surface area (Å²) in [6.07, 6.45) is 39.4. The number of hydrogen-bond donors (Lipinski definition) is 0. The van der Waals surface area contributed by atoms with Crippen LogP contribution < -0.4 is 0 Å². The minimum absolute atomic E-state index is 0. The zero-order chi connectivity index (χ0) is 20.7. The number of hydrogen-bond acceptors (Lipinski definition) is 0. The molecule has 0 spiro atoms. The molecule has 0 aliphatic heterocycles. The molecule has 2 saturated carbocycles. The Hall–Kier alpha value is 0.363. The summed E-state index contributed by atoms with van der Waals surface area (Å²) in [6, 6.07) is 0. The first kappa shape index (κ1) is 31.5. The molecule has 0 aromatic carbocycles. The van der Waals surface area contributed by atoms with E-state index in [0.29, 0.717) is 0 Å². The second-order valence-electron chi connectivity index (χ2n) is 6.94. The van der Waals surface area contributed by atoms with Gasteiger partial charge < -0.3 is 23.3 Å². The molecule has 2 rings (SSSR count). The topological polar surface area (TPSA) is 0 Å². The normalized spacial score (nSPS) is 16.4. The van der Waals surface area contributed by atoms with Crippen LogP contribution in [0.4, 0.5) is 0 Å². The molecule has 0 nitrogen and oxygen atoms in total. The Bertz CT molecular complexity index is 333. The maximum atomic E-state index is 3.67. The van der Waals surface area contributed by atoms with Crippen molar-refractivity contribution in [3.05, 3.63) is 87.5 Å². The molecular formula is C28H42Zr+2. The van der Waals surface area contributed by atoms with E-state index < -0.39 is 0 Å². The molecule has 2 aliphatic carbocycles. The second kappa shape index (κ2) is 26.4. The Morgan fingerprint density at radius 2 is 0.897 bits per heavy atom. The summed E-state index contributed by atoms with van der Waals surface area (Å²) in [7, 11) is 0. The maximum absolute atomic E-state index is 3.67. The minimum atomic E-state index is 0. The van der Waals surface area contributed by atoms with Crippen LogP contribution in [0.1, 0.15) is 91.9 Å². The quantitative estimate of drug-likeness (QED) is 0.162. The van der Waals surface area contributed by atoms with E-state index in [-0.39, 0.29) is 26.2 Å². The molecule has 29 heavy (non-hydrogen) atoms. The largest absolute Gasteiger partial charge is 4.00 e. The average molecular weight is 470 g/mol. The fourth-order valence-electron chi connectivity index (χ4n) is 2.63. The van der Waals surface area contributed by atoms with Crippen LogP contribution in [0.2, 0.25) is 0 Å². The first-order valence-electron chi connectivity index (χ1n) is 11.3. The van der Waals surface area contributed by atoms with E-state index in [1.54, 1.807) is 0 Å². The molecule has 2 fully saturated rings. The van der Waals surface area contributed by atoms with E-state index in [2.05, 4.69) is 39.8 Å². The van der Waals surface area contributed by atoms with Crippen LogP contribution in [-0.2, 0) is 26.2 Å². The van der Waals surface area contributed by atoms with E-state index in [1.807, 2.05) is 64.2 Å². The fourth-order valence-corrected chi connectivity index (χ4v) is 2.63. The molecule has 1 heteroatoms. The van der Waals surface area contributed by atoms with Gasteiger partial charge in [0.05, 0.1) is 0 Å². The van der Waals surface area contributed by atoms with E-state index in [0.717, 1.165) is 12.8 Å². The van der Waals surface area contributed by atoms with Crippen molar-refractivity contribution in [2.75, 3.05) is 0 Å². The molecular weight excluding hydrogens is 428 g/mol. The van der Waals surface area contributed by atoms with Crippen molar-refractivity contribution in [1.29, 1.82) is 0 Å². The zero-order valence-corrected chi connectivity index (χ0v) is 21.8. The second-order valence-corrected chi connectivity index (χ2v) is 6.94. The fraction of sp³-hybridized carbons (Fsp3) is 0.500. The summed E-state index contributed by atoms with van der Waals surface area (Å²) in [6.45, 7) is 9.01. The molecule has 0 N–H and O–H groups in total. The maximum Gasteiger partial charge on any atom is 4.00 e. The molecule has 2 aliphatic rings. The van der Waals surface area contributed by atoms with Crippen molar-refractivity contribution in [3.63, 3.8) is 0 Å². The number of unbranched alkanes of at least 4 members (excludes halogenated alkanes) is 4. The van der Waals surface area contributed by atoms with E-state index in [1.165, 1.54) is 62.5 Å². The van der Waals surface area contributed by atoms with Crippen LogP contribution in [-0.4, -0.2) is 0 Å². The third kappa shape index (κ3) is 21.4. The van der Waals surface area contributed by atoms with Gasteiger partial charge in [0.25, 0.3) is 0 Å². The van der Waals surface area contributed by atoms with Gasteiger partial charge in [0.15, 0.2) is 0 Å². The molecule has 0 unspecified atom stereocenters. The standard InChI is InChI=1S/C18H32.2C5H5.Zr/c1-5-9-12-16-18(15-11-7-3)17(13-8-4)14-10-6-2;2*1-2-4-5-3-1;/h5-13,15H2,1-4H3;2*1-5H;/q-2;;;+4. The van der Waals surface area contributed by atoms with Crippen LogP contribution in [0.25, 0.3) is 0 Å². The molecule has 0 aromatic heterocycles. The van der Waals surface area contributed by atoms with Gasteiger partial charge in [0.2, 0.25) is 0 Å². The third-order valence-electron chi connectivity index (χ3n) is 4.21. The average Bonchev–Trinajstić information content (AvgIpc) is 3.47. The zero-order valence-electron chi connectivity index (χ0n) is 19.3. The Balaban J connectivity index is 0. The molecule has 0 saturated heterocycles. The molecule has 156 valence electrons. The predicted octanol–water partition coefficient (Wildman–Crippen LogP) is 8.47. The van der Waals surface area contributed by atoms with E-state index >= 15 is 0 Å². The smallest absolute Gasteiger partial charge is 0.373 e. The van der Waals surface area contributed by atoms with Crippen LogP contribution in [0, 0.1) is 76.4 Å². The predicted molar refractivity (Wildman–Crippen MR) is 125 cm³/mol. The van der Waals surface area contributed by atoms with Crippen molar-refractivity contribution in [2.24, 2.45) is 0 Å². The molecule has 10 radical (unpaired) electrons. The van der Waals surface area contributed by atoms with E-state index in [9.17, 15) is 0 Å². The van der Waals surface area contributed by atoms with Crippen LogP contribution >= 0.6 is 0 Å². The summed E-state index contributed by atoms with van der Waals surface area (Å²) < 4.78 is 0. The Morgan fingerprint density at radius 3 is 1.28 bits per heavy atom. The number of allylic oxidation sites excluding steroid dienone is 4. The van der Waals surface area contributed by atoms with Gasteiger partial charge in [0, 0.05) is 0 Å². The van der Waals surface area contributed by atoms with Crippen LogP contribution in [0.15, 0.2) is 11.1 Å². The summed E-state index contributed by atoms with van der Waals surface area (Å²) in [5.41, 5.74) is 2.93. The first-order chi connectivity index (χ1) is 13.8. The molecule has 0 atom stereocenters. The van der Waals surface area contributed by atoms with Gasteiger partial charge in [-0.3, -0.25) is 0 Å². The molecule has 0 aromatic rings. The van der Waals surface area contributed by atoms with Crippen molar-refractivity contribution < 1.29 is 26.2 Å². The molecule has 0 bridgehead atoms. The van der Waals surface area contributed by atoms with Gasteiger partial charge in [-0.25, -0.2) is 0 Å². The Kier molecular flexibility index (Phi) is 28.7. The van der Waals surface area contributed by atoms with Crippen molar-refractivity contribution in [2.45, 2.75) is 91.9 Å². The monoisotopic (exact) mass is 468 g/mol. The summed E-state index contributed by atoms with van der Waals surface area (Å²) >= 11 is 0. The van der Waals surface area contributed by atoms with Crippen molar-refractivity contribution in [3.8, 4) is 0 Å². The van der Waals surface area contributed by atoms with Gasteiger partial charge in [-0.15, -0.1) is 25.7 Å². The third-order valence-corrected chi connectivity index (χ3v) is 4.21. The van der Waals surface area contributed by atoms with Gasteiger partial charge in [-0.1, -0.05) is 66.2 Å². The van der Waals surface area contributed by atoms with Crippen molar-refractivity contribution >= 4 is 0 Å². The summed E-state index contributed by atoms with van der Waals surface area (Å²) in [4.78, 5) is 0. The van der Waals surface area contributed by atoms with E-state index in [4.69, 9.17) is 0 Å². The number of rotatable bonds is 11. The van der Waals surface area contributed by atoms with Gasteiger partial charge in [-0.2, -0.15) is 0 Å². The molecule has 0 amide bonds. The van der Waals surface area contributed by atoms with Gasteiger partial charge in [-0.05, 0) is 64.2 Å². The SMILES string of the molecule is CCC[C-]=C(CCC)C(=[C-]CCCC)CCCC.[CH]1[CH][CH][CH][CH]1.[CH]1[CH][CH][CH][CH]1.[Zr+4]. The van der Waals surface area contributed by atoms with Gasteiger partial charge in [0.1, 0.15) is 0 Å². The van der Waals surface area contributed by atoms with Gasteiger partial charge >= 0.3 is 26.2 Å². The van der Waals surface area contributed by atoms with Crippen molar-refractivity contribution in [1.82, 2.24) is 0 Å². The summed E-state index contributed by atoms with van der Waals surface area (Å²) in [5, 5.41) is 0. The first-order valence-corrected chi connectivity index (χ1v) is 11.3.